The first-order chi connectivity index (χ1) is 22.0. The SMILES string of the molecule is CC[C@H](C(=O)N[C@@H](C)CC)N(Cc1ccc(Cl)cc1)C(=O)CN(c1ccc(Oc2ccccc2)cc1)S(=O)(=O)c1ccc(C)cc1. The molecule has 0 fully saturated rings. The number of benzene rings is 4. The molecule has 0 unspecified atom stereocenters. The maximum Gasteiger partial charge on any atom is 0.264 e. The summed E-state index contributed by atoms with van der Waals surface area (Å²) in [4.78, 5) is 29.2. The molecule has 0 aliphatic carbocycles. The lowest BCUT2D eigenvalue weighted by Gasteiger charge is -2.33. The molecule has 4 aromatic rings. The Kier molecular flexibility index (Phi) is 11.8. The maximum atomic E-state index is 14.3. The van der Waals surface area contributed by atoms with Gasteiger partial charge in [-0.1, -0.05) is 73.5 Å². The number of amides is 2. The molecule has 4 rings (SSSR count). The van der Waals surface area contributed by atoms with E-state index in [2.05, 4.69) is 5.32 Å². The van der Waals surface area contributed by atoms with Crippen LogP contribution in [0.25, 0.3) is 0 Å². The maximum absolute atomic E-state index is 14.3. The first-order valence-electron chi connectivity index (χ1n) is 15.3. The third kappa shape index (κ3) is 8.89. The Hall–Kier alpha value is -4.34. The number of nitrogens with zero attached hydrogens (tertiary/aromatic N) is 2. The molecule has 0 aromatic heterocycles. The summed E-state index contributed by atoms with van der Waals surface area (Å²) in [7, 11) is -4.20. The number of aryl methyl sites for hydroxylation is 1. The molecule has 1 N–H and O–H groups in total. The minimum atomic E-state index is -4.20. The van der Waals surface area contributed by atoms with Gasteiger partial charge in [-0.05, 0) is 92.9 Å². The van der Waals surface area contributed by atoms with Gasteiger partial charge in [-0.3, -0.25) is 13.9 Å². The van der Waals surface area contributed by atoms with Crippen molar-refractivity contribution in [3.05, 3.63) is 119 Å². The first kappa shape index (κ1) is 34.5. The van der Waals surface area contributed by atoms with E-state index >= 15 is 0 Å². The molecule has 46 heavy (non-hydrogen) atoms. The Morgan fingerprint density at radius 3 is 2.02 bits per heavy atom. The molecule has 2 amide bonds. The van der Waals surface area contributed by atoms with E-state index in [4.69, 9.17) is 16.3 Å². The van der Waals surface area contributed by atoms with Gasteiger partial charge >= 0.3 is 0 Å². The van der Waals surface area contributed by atoms with E-state index in [1.165, 1.54) is 17.0 Å². The van der Waals surface area contributed by atoms with Gasteiger partial charge in [0.05, 0.1) is 10.6 Å². The molecule has 8 nitrogen and oxygen atoms in total. The van der Waals surface area contributed by atoms with Crippen molar-refractivity contribution >= 4 is 39.1 Å². The van der Waals surface area contributed by atoms with Crippen LogP contribution in [0, 0.1) is 6.92 Å². The van der Waals surface area contributed by atoms with Crippen LogP contribution in [0.2, 0.25) is 5.02 Å². The molecule has 0 aliphatic heterocycles. The second kappa shape index (κ2) is 15.8. The molecule has 10 heteroatoms. The Morgan fingerprint density at radius 2 is 1.43 bits per heavy atom. The summed E-state index contributed by atoms with van der Waals surface area (Å²) < 4.78 is 35.3. The molecule has 2 atom stereocenters. The van der Waals surface area contributed by atoms with Crippen LogP contribution in [0.4, 0.5) is 5.69 Å². The molecule has 0 saturated heterocycles. The second-order valence-electron chi connectivity index (χ2n) is 11.1. The first-order valence-corrected chi connectivity index (χ1v) is 17.1. The van der Waals surface area contributed by atoms with E-state index in [1.807, 2.05) is 58.0 Å². The van der Waals surface area contributed by atoms with Crippen molar-refractivity contribution in [2.75, 3.05) is 10.8 Å². The van der Waals surface area contributed by atoms with Crippen molar-refractivity contribution < 1.29 is 22.7 Å². The van der Waals surface area contributed by atoms with E-state index in [0.29, 0.717) is 22.9 Å². The van der Waals surface area contributed by atoms with Gasteiger partial charge in [0.25, 0.3) is 10.0 Å². The summed E-state index contributed by atoms with van der Waals surface area (Å²) in [6.45, 7) is 7.12. The smallest absolute Gasteiger partial charge is 0.264 e. The van der Waals surface area contributed by atoms with Crippen molar-refractivity contribution in [3.63, 3.8) is 0 Å². The number of halogens is 1. The van der Waals surface area contributed by atoms with Gasteiger partial charge in [-0.15, -0.1) is 0 Å². The van der Waals surface area contributed by atoms with E-state index in [-0.39, 0.29) is 29.1 Å². The average molecular weight is 662 g/mol. The van der Waals surface area contributed by atoms with Crippen LogP contribution in [0.5, 0.6) is 11.5 Å². The fraction of sp³-hybridized carbons (Fsp3) is 0.278. The van der Waals surface area contributed by atoms with Crippen LogP contribution < -0.4 is 14.4 Å². The molecule has 0 bridgehead atoms. The molecule has 0 heterocycles. The van der Waals surface area contributed by atoms with Crippen molar-refractivity contribution in [2.45, 2.75) is 64.1 Å². The van der Waals surface area contributed by atoms with Crippen molar-refractivity contribution in [1.29, 1.82) is 0 Å². The monoisotopic (exact) mass is 661 g/mol. The van der Waals surface area contributed by atoms with Gasteiger partial charge in [0.1, 0.15) is 24.1 Å². The summed E-state index contributed by atoms with van der Waals surface area (Å²) >= 11 is 6.11. The van der Waals surface area contributed by atoms with Crippen molar-refractivity contribution in [3.8, 4) is 11.5 Å². The molecule has 0 aliphatic rings. The third-order valence-corrected chi connectivity index (χ3v) is 9.68. The Labute approximate surface area is 277 Å². The fourth-order valence-electron chi connectivity index (χ4n) is 4.82. The number of carbonyl (C=O) groups is 2. The number of hydrogen-bond acceptors (Lipinski definition) is 5. The quantitative estimate of drug-likeness (QED) is 0.152. The summed E-state index contributed by atoms with van der Waals surface area (Å²) in [6, 6.07) is 28.3. The fourth-order valence-corrected chi connectivity index (χ4v) is 6.36. The van der Waals surface area contributed by atoms with Crippen LogP contribution in [0.3, 0.4) is 0 Å². The third-order valence-electron chi connectivity index (χ3n) is 7.64. The molecule has 0 spiro atoms. The highest BCUT2D eigenvalue weighted by molar-refractivity contribution is 7.92. The van der Waals surface area contributed by atoms with Gasteiger partial charge in [0, 0.05) is 17.6 Å². The highest BCUT2D eigenvalue weighted by Gasteiger charge is 2.34. The zero-order valence-electron chi connectivity index (χ0n) is 26.5. The molecule has 4 aromatic carbocycles. The molecule has 0 saturated carbocycles. The number of nitrogens with one attached hydrogen (secondary N) is 1. The number of hydrogen-bond donors (Lipinski definition) is 1. The lowest BCUT2D eigenvalue weighted by atomic mass is 10.1. The summed E-state index contributed by atoms with van der Waals surface area (Å²) in [5.41, 5.74) is 1.93. The second-order valence-corrected chi connectivity index (χ2v) is 13.4. The van der Waals surface area contributed by atoms with Crippen LogP contribution in [0.15, 0.2) is 108 Å². The number of ether oxygens (including phenoxy) is 1. The van der Waals surface area contributed by atoms with Crippen LogP contribution in [-0.4, -0.2) is 43.8 Å². The minimum Gasteiger partial charge on any atom is -0.457 e. The predicted molar refractivity (Wildman–Crippen MR) is 183 cm³/mol. The number of sulfonamides is 1. The highest BCUT2D eigenvalue weighted by Crippen LogP contribution is 2.29. The van der Waals surface area contributed by atoms with Crippen molar-refractivity contribution in [1.82, 2.24) is 10.2 Å². The van der Waals surface area contributed by atoms with Gasteiger partial charge in [0.2, 0.25) is 11.8 Å². The van der Waals surface area contributed by atoms with Gasteiger partial charge < -0.3 is 15.0 Å². The van der Waals surface area contributed by atoms with E-state index < -0.39 is 28.5 Å². The summed E-state index contributed by atoms with van der Waals surface area (Å²) in [5, 5.41) is 3.52. The van der Waals surface area contributed by atoms with E-state index in [0.717, 1.165) is 21.9 Å². The Bertz CT molecular complexity index is 1700. The minimum absolute atomic E-state index is 0.0429. The number of para-hydroxylation sites is 1. The number of anilines is 1. The lowest BCUT2D eigenvalue weighted by Crippen LogP contribution is -2.53. The number of carbonyl (C=O) groups excluding carboxylic acids is 2. The van der Waals surface area contributed by atoms with E-state index in [9.17, 15) is 18.0 Å². The van der Waals surface area contributed by atoms with Gasteiger partial charge in [-0.2, -0.15) is 0 Å². The van der Waals surface area contributed by atoms with Gasteiger partial charge in [0.15, 0.2) is 0 Å². The normalized spacial score (nSPS) is 12.5. The standard InChI is InChI=1S/C36H40ClN3O5S/c1-5-27(4)38-36(42)34(6-2)39(24-28-14-16-29(37)17-15-28)35(41)25-40(46(43,44)33-22-12-26(3)13-23-33)30-18-20-32(21-19-30)45-31-10-8-7-9-11-31/h7-23,27,34H,5-6,24-25H2,1-4H3,(H,38,42)/t27-,34+/m0/s1. The average Bonchev–Trinajstić information content (AvgIpc) is 3.05. The topological polar surface area (TPSA) is 96.0 Å². The summed E-state index contributed by atoms with van der Waals surface area (Å²) in [6.07, 6.45) is 1.05. The van der Waals surface area contributed by atoms with Crippen LogP contribution in [-0.2, 0) is 26.2 Å². The summed E-state index contributed by atoms with van der Waals surface area (Å²) in [5.74, 6) is 0.315. The molecule has 242 valence electrons. The lowest BCUT2D eigenvalue weighted by molar-refractivity contribution is -0.140. The van der Waals surface area contributed by atoms with Gasteiger partial charge in [-0.25, -0.2) is 8.42 Å². The number of rotatable bonds is 14. The molecular formula is C36H40ClN3O5S. The largest absolute Gasteiger partial charge is 0.457 e. The predicted octanol–water partition coefficient (Wildman–Crippen LogP) is 7.36. The van der Waals surface area contributed by atoms with Crippen LogP contribution >= 0.6 is 11.6 Å². The highest BCUT2D eigenvalue weighted by atomic mass is 35.5. The molecular weight excluding hydrogens is 622 g/mol. The van der Waals surface area contributed by atoms with Crippen LogP contribution in [0.1, 0.15) is 44.7 Å². The zero-order valence-corrected chi connectivity index (χ0v) is 28.1. The van der Waals surface area contributed by atoms with E-state index in [1.54, 1.807) is 60.7 Å². The molecule has 0 radical (unpaired) electrons. The Morgan fingerprint density at radius 1 is 0.826 bits per heavy atom. The van der Waals surface area contributed by atoms with Crippen molar-refractivity contribution in [2.24, 2.45) is 0 Å². The Balaban J connectivity index is 1.72. The zero-order chi connectivity index (χ0) is 33.3.